The average molecular weight is 767 g/mol. The molecule has 1 fully saturated rings. The summed E-state index contributed by atoms with van der Waals surface area (Å²) in [5, 5.41) is 36.2. The van der Waals surface area contributed by atoms with Gasteiger partial charge in [0.1, 0.15) is 17.9 Å². The van der Waals surface area contributed by atoms with Crippen LogP contribution in [0.15, 0.2) is 102 Å². The fourth-order valence-electron chi connectivity index (χ4n) is 8.73. The largest absolute Gasteiger partial charge is 0.670 e. The highest BCUT2D eigenvalue weighted by molar-refractivity contribution is 5.88. The predicted molar refractivity (Wildman–Crippen MR) is 225 cm³/mol. The molecule has 0 saturated heterocycles. The SMILES string of the molecule is CCc1ccc2ccccc2c1Cc1c(C[C@H](Cc2cc[n-]c2)[C@H](O)CC(=O)[C@H](CC2=C[CH+]N=C2)Cc2ccc(O)c(OC3CCCCC3)c2)ccc(O)c1OC. The van der Waals surface area contributed by atoms with Gasteiger partial charge in [0, 0.05) is 30.7 Å². The minimum absolute atomic E-state index is 0.0328. The number of aliphatic hydroxyl groups excluding tert-OH is 1. The fraction of sp³-hybridized carbons (Fsp3) is 0.367. The van der Waals surface area contributed by atoms with Crippen molar-refractivity contribution in [2.45, 2.75) is 96.2 Å². The van der Waals surface area contributed by atoms with E-state index in [4.69, 9.17) is 9.47 Å². The topological polar surface area (TPSA) is 123 Å². The first-order valence-electron chi connectivity index (χ1n) is 20.5. The zero-order valence-electron chi connectivity index (χ0n) is 33.1. The number of rotatable bonds is 18. The minimum atomic E-state index is -0.964. The van der Waals surface area contributed by atoms with Gasteiger partial charge in [0.2, 0.25) is 0 Å². The van der Waals surface area contributed by atoms with Crippen molar-refractivity contribution in [3.63, 3.8) is 0 Å². The maximum atomic E-state index is 14.4. The second-order valence-corrected chi connectivity index (χ2v) is 15.7. The maximum absolute atomic E-state index is 14.4. The molecule has 1 aliphatic heterocycles. The van der Waals surface area contributed by atoms with Gasteiger partial charge in [-0.05, 0) is 109 Å². The number of aromatic hydroxyl groups is 2. The van der Waals surface area contributed by atoms with Crippen LogP contribution in [0.1, 0.15) is 85.3 Å². The summed E-state index contributed by atoms with van der Waals surface area (Å²) < 4.78 is 12.1. The smallest absolute Gasteiger partial charge is 0.176 e. The van der Waals surface area contributed by atoms with Crippen molar-refractivity contribution in [1.82, 2.24) is 4.98 Å². The molecule has 0 bridgehead atoms. The number of methoxy groups -OCH3 is 1. The number of fused-ring (bicyclic) bond motifs is 1. The van der Waals surface area contributed by atoms with Gasteiger partial charge in [-0.25, -0.2) is 0 Å². The number of carbonyl (C=O) groups excluding carboxylic acids is 1. The predicted octanol–water partition coefficient (Wildman–Crippen LogP) is 9.22. The number of aliphatic hydroxyl groups is 1. The lowest BCUT2D eigenvalue weighted by Crippen LogP contribution is -2.31. The van der Waals surface area contributed by atoms with Crippen molar-refractivity contribution in [2.24, 2.45) is 16.8 Å². The van der Waals surface area contributed by atoms with E-state index in [0.717, 1.165) is 70.7 Å². The van der Waals surface area contributed by atoms with Crippen molar-refractivity contribution in [3.05, 3.63) is 137 Å². The molecule has 8 nitrogen and oxygen atoms in total. The third-order valence-electron chi connectivity index (χ3n) is 11.9. The first-order chi connectivity index (χ1) is 27.8. The minimum Gasteiger partial charge on any atom is -0.670 e. The number of aliphatic imine (C=N–C) groups is 1. The second kappa shape index (κ2) is 18.6. The Balaban J connectivity index is 1.16. The maximum Gasteiger partial charge on any atom is 0.176 e. The van der Waals surface area contributed by atoms with E-state index in [9.17, 15) is 20.1 Å². The van der Waals surface area contributed by atoms with Gasteiger partial charge in [0.25, 0.3) is 0 Å². The second-order valence-electron chi connectivity index (χ2n) is 15.7. The molecule has 0 unspecified atom stereocenters. The number of phenolic OH excluding ortho intramolecular Hbond substituents is 2. The van der Waals surface area contributed by atoms with Crippen LogP contribution in [0.3, 0.4) is 0 Å². The van der Waals surface area contributed by atoms with Crippen LogP contribution in [0, 0.1) is 18.4 Å². The van der Waals surface area contributed by atoms with Crippen LogP contribution in [-0.4, -0.2) is 46.6 Å². The summed E-state index contributed by atoms with van der Waals surface area (Å²) in [4.78, 5) is 23.0. The molecule has 8 heteroatoms. The van der Waals surface area contributed by atoms with Crippen LogP contribution in [0.2, 0.25) is 0 Å². The van der Waals surface area contributed by atoms with E-state index in [0.29, 0.717) is 43.6 Å². The quantitative estimate of drug-likeness (QED) is 0.0761. The number of phenols is 2. The van der Waals surface area contributed by atoms with Crippen molar-refractivity contribution in [1.29, 1.82) is 0 Å². The number of allylic oxidation sites excluding steroid dienone is 1. The van der Waals surface area contributed by atoms with Gasteiger partial charge in [-0.3, -0.25) is 4.79 Å². The number of ketones is 1. The molecule has 0 spiro atoms. The number of nitrogens with zero attached hydrogens (tertiary/aromatic N) is 2. The molecule has 5 aromatic rings. The van der Waals surface area contributed by atoms with E-state index in [1.54, 1.807) is 38.2 Å². The Bertz CT molecular complexity index is 2200. The van der Waals surface area contributed by atoms with Gasteiger partial charge in [0.15, 0.2) is 29.2 Å². The Kier molecular flexibility index (Phi) is 13.0. The average Bonchev–Trinajstić information content (AvgIpc) is 3.95. The Morgan fingerprint density at radius 1 is 0.895 bits per heavy atom. The van der Waals surface area contributed by atoms with Crippen LogP contribution >= 0.6 is 0 Å². The van der Waals surface area contributed by atoms with Gasteiger partial charge < -0.3 is 29.8 Å². The van der Waals surface area contributed by atoms with Crippen LogP contribution in [0.5, 0.6) is 23.0 Å². The summed E-state index contributed by atoms with van der Waals surface area (Å²) in [6.45, 7) is 3.89. The molecular weight excluding hydrogens is 713 g/mol. The van der Waals surface area contributed by atoms with Crippen LogP contribution in [-0.2, 0) is 36.9 Å². The summed E-state index contributed by atoms with van der Waals surface area (Å²) in [5.41, 5.74) is 7.06. The van der Waals surface area contributed by atoms with Gasteiger partial charge in [-0.1, -0.05) is 73.5 Å². The molecule has 0 amide bonds. The summed E-state index contributed by atoms with van der Waals surface area (Å²) in [6, 6.07) is 23.6. The van der Waals surface area contributed by atoms with Crippen molar-refractivity contribution in [3.8, 4) is 23.0 Å². The third-order valence-corrected chi connectivity index (χ3v) is 11.9. The number of ether oxygens (including phenoxy) is 2. The van der Waals surface area contributed by atoms with Crippen LogP contribution < -0.4 is 14.5 Å². The molecule has 296 valence electrons. The summed E-state index contributed by atoms with van der Waals surface area (Å²) >= 11 is 0. The summed E-state index contributed by atoms with van der Waals surface area (Å²) in [5.74, 6) is 0.237. The Hall–Kier alpha value is -5.47. The number of benzene rings is 4. The van der Waals surface area contributed by atoms with Gasteiger partial charge in [-0.15, -0.1) is 4.99 Å². The molecule has 2 aliphatic rings. The molecule has 3 atom stereocenters. The van der Waals surface area contributed by atoms with E-state index in [2.05, 4.69) is 47.2 Å². The number of carbonyl (C=O) groups is 1. The Morgan fingerprint density at radius 2 is 1.70 bits per heavy atom. The monoisotopic (exact) mass is 766 g/mol. The number of aromatic nitrogens is 1. The summed E-state index contributed by atoms with van der Waals surface area (Å²) in [6.07, 6.45) is 15.0. The molecule has 0 radical (unpaired) electrons. The molecular formula is C49H54N2O6. The third kappa shape index (κ3) is 9.74. The molecule has 1 aliphatic carbocycles. The standard InChI is InChI=1S/C49H54N2O6/c1-3-35-14-15-36-9-7-8-12-41(36)42(35)28-43-37(16-18-45(53)49(43)56-2)27-39(25-34-20-22-51-31-34)47(55)29-46(54)38(24-33-19-21-50-30-33)23-32-13-17-44(52)48(26-32)57-40-10-5-4-6-11-40/h7-9,12-22,26,30-31,38-40,47,52-53,55H,3-6,10-11,23-25,27-29H2,1-2H3/t38-,39-,47+/m0/s1. The van der Waals surface area contributed by atoms with Gasteiger partial charge in [-0.2, -0.15) is 12.4 Å². The number of hydrogen-bond donors (Lipinski definition) is 3. The molecule has 57 heavy (non-hydrogen) atoms. The normalized spacial score (nSPS) is 15.9. The van der Waals surface area contributed by atoms with Gasteiger partial charge in [0.05, 0.1) is 25.4 Å². The van der Waals surface area contributed by atoms with E-state index in [1.165, 1.54) is 17.5 Å². The number of Topliss-reactive ketones (excluding diaryl/α,β-unsaturated/α-hetero) is 1. The van der Waals surface area contributed by atoms with E-state index in [1.807, 2.05) is 42.6 Å². The number of hydrogen-bond acceptors (Lipinski definition) is 7. The van der Waals surface area contributed by atoms with Crippen LogP contribution in [0.4, 0.5) is 0 Å². The molecule has 7 rings (SSSR count). The van der Waals surface area contributed by atoms with Crippen molar-refractivity contribution < 1.29 is 29.6 Å². The first kappa shape index (κ1) is 39.8. The van der Waals surface area contributed by atoms with E-state index in [-0.39, 0.29) is 35.7 Å². The van der Waals surface area contributed by atoms with Crippen molar-refractivity contribution in [2.75, 3.05) is 7.11 Å². The molecule has 2 heterocycles. The lowest BCUT2D eigenvalue weighted by Gasteiger charge is -2.27. The zero-order valence-corrected chi connectivity index (χ0v) is 33.1. The Morgan fingerprint density at radius 3 is 2.46 bits per heavy atom. The molecule has 1 aromatic heterocycles. The molecule has 4 aromatic carbocycles. The lowest BCUT2D eigenvalue weighted by atomic mass is 9.81. The molecule has 3 N–H and O–H groups in total. The number of aryl methyl sites for hydroxylation is 1. The highest BCUT2D eigenvalue weighted by Crippen LogP contribution is 2.39. The van der Waals surface area contributed by atoms with Gasteiger partial charge >= 0.3 is 0 Å². The van der Waals surface area contributed by atoms with E-state index < -0.39 is 12.0 Å². The molecule has 1 saturated carbocycles. The zero-order chi connectivity index (χ0) is 39.7. The highest BCUT2D eigenvalue weighted by atomic mass is 16.5. The van der Waals surface area contributed by atoms with Crippen molar-refractivity contribution >= 4 is 22.8 Å². The fourth-order valence-corrected chi connectivity index (χ4v) is 8.73. The van der Waals surface area contributed by atoms with Crippen LogP contribution in [0.25, 0.3) is 10.8 Å². The van der Waals surface area contributed by atoms with E-state index >= 15 is 0 Å². The Labute approximate surface area is 336 Å². The highest BCUT2D eigenvalue weighted by Gasteiger charge is 2.31. The lowest BCUT2D eigenvalue weighted by molar-refractivity contribution is -0.125. The first-order valence-corrected chi connectivity index (χ1v) is 20.5. The summed E-state index contributed by atoms with van der Waals surface area (Å²) in [7, 11) is 1.58.